The van der Waals surface area contributed by atoms with Gasteiger partial charge in [0.05, 0.1) is 12.5 Å². The summed E-state index contributed by atoms with van der Waals surface area (Å²) in [5.74, 6) is 0.884. The lowest BCUT2D eigenvalue weighted by molar-refractivity contribution is 0.290. The summed E-state index contributed by atoms with van der Waals surface area (Å²) in [6.07, 6.45) is 7.19. The van der Waals surface area contributed by atoms with Gasteiger partial charge in [-0.2, -0.15) is 0 Å². The van der Waals surface area contributed by atoms with Gasteiger partial charge in [-0.15, -0.1) is 0 Å². The molecule has 0 atom stereocenters. The number of rotatable bonds is 1. The number of ether oxygens (including phenoxy) is 1. The minimum Gasteiger partial charge on any atom is -0.496 e. The van der Waals surface area contributed by atoms with Crippen molar-refractivity contribution in [3.8, 4) is 0 Å². The third-order valence-electron chi connectivity index (χ3n) is 1.55. The highest BCUT2D eigenvalue weighted by atomic mass is 16.5. The first-order valence-electron chi connectivity index (χ1n) is 3.48. The van der Waals surface area contributed by atoms with E-state index in [0.717, 1.165) is 11.3 Å². The molecule has 1 aliphatic rings. The van der Waals surface area contributed by atoms with Crippen molar-refractivity contribution < 1.29 is 9.15 Å². The molecule has 0 saturated heterocycles. The Morgan fingerprint density at radius 2 is 2.36 bits per heavy atom. The standard InChI is InChI=1S/C9H8O2/c1-3-8(7-10-5-1)9-4-2-6-11-9/h1-6H,7H2. The van der Waals surface area contributed by atoms with E-state index in [2.05, 4.69) is 0 Å². The fourth-order valence-corrected chi connectivity index (χ4v) is 1.01. The number of allylic oxidation sites excluding steroid dienone is 2. The maximum absolute atomic E-state index is 5.19. The molecule has 1 aromatic heterocycles. The van der Waals surface area contributed by atoms with Crippen LogP contribution in [0.25, 0.3) is 5.57 Å². The van der Waals surface area contributed by atoms with Gasteiger partial charge in [0.1, 0.15) is 12.4 Å². The lowest BCUT2D eigenvalue weighted by atomic mass is 10.2. The molecule has 1 aromatic rings. The zero-order chi connectivity index (χ0) is 7.52. The Morgan fingerprint density at radius 3 is 3.00 bits per heavy atom. The van der Waals surface area contributed by atoms with Crippen molar-refractivity contribution in [2.75, 3.05) is 6.61 Å². The predicted molar refractivity (Wildman–Crippen MR) is 41.8 cm³/mol. The van der Waals surface area contributed by atoms with Crippen molar-refractivity contribution in [2.24, 2.45) is 0 Å². The number of hydrogen-bond acceptors (Lipinski definition) is 2. The molecule has 0 amide bonds. The summed E-state index contributed by atoms with van der Waals surface area (Å²) in [4.78, 5) is 0. The lowest BCUT2D eigenvalue weighted by Crippen LogP contribution is -1.94. The number of hydrogen-bond donors (Lipinski definition) is 0. The van der Waals surface area contributed by atoms with Gasteiger partial charge in [-0.25, -0.2) is 0 Å². The lowest BCUT2D eigenvalue weighted by Gasteiger charge is -2.06. The molecule has 56 valence electrons. The molecule has 0 spiro atoms. The van der Waals surface area contributed by atoms with Gasteiger partial charge >= 0.3 is 0 Å². The van der Waals surface area contributed by atoms with Gasteiger partial charge in [-0.1, -0.05) is 0 Å². The summed E-state index contributed by atoms with van der Waals surface area (Å²) in [6, 6.07) is 3.79. The topological polar surface area (TPSA) is 22.4 Å². The quantitative estimate of drug-likeness (QED) is 0.609. The Bertz CT molecular complexity index is 281. The van der Waals surface area contributed by atoms with Gasteiger partial charge in [-0.3, -0.25) is 0 Å². The monoisotopic (exact) mass is 148 g/mol. The smallest absolute Gasteiger partial charge is 0.133 e. The van der Waals surface area contributed by atoms with E-state index >= 15 is 0 Å². The van der Waals surface area contributed by atoms with Crippen LogP contribution in [-0.4, -0.2) is 6.61 Å². The van der Waals surface area contributed by atoms with Crippen molar-refractivity contribution in [3.05, 3.63) is 42.6 Å². The van der Waals surface area contributed by atoms with Crippen LogP contribution < -0.4 is 0 Å². The summed E-state index contributed by atoms with van der Waals surface area (Å²) in [5, 5.41) is 0. The summed E-state index contributed by atoms with van der Waals surface area (Å²) in [7, 11) is 0. The molecule has 0 aromatic carbocycles. The molecular weight excluding hydrogens is 140 g/mol. The van der Waals surface area contributed by atoms with Crippen molar-refractivity contribution >= 4 is 5.57 Å². The van der Waals surface area contributed by atoms with E-state index in [4.69, 9.17) is 9.15 Å². The third kappa shape index (κ3) is 1.19. The van der Waals surface area contributed by atoms with E-state index in [1.54, 1.807) is 12.5 Å². The van der Waals surface area contributed by atoms with Gasteiger partial charge in [-0.05, 0) is 24.3 Å². The second-order valence-electron chi connectivity index (χ2n) is 2.31. The molecule has 11 heavy (non-hydrogen) atoms. The summed E-state index contributed by atoms with van der Waals surface area (Å²) in [6.45, 7) is 0.601. The SMILES string of the molecule is C1=COCC(c2ccco2)=C1. The Kier molecular flexibility index (Phi) is 1.52. The van der Waals surface area contributed by atoms with Gasteiger partial charge in [0.15, 0.2) is 0 Å². The highest BCUT2D eigenvalue weighted by Crippen LogP contribution is 2.17. The minimum atomic E-state index is 0.601. The molecule has 0 unspecified atom stereocenters. The van der Waals surface area contributed by atoms with E-state index in [-0.39, 0.29) is 0 Å². The van der Waals surface area contributed by atoms with E-state index in [9.17, 15) is 0 Å². The fourth-order valence-electron chi connectivity index (χ4n) is 1.01. The summed E-state index contributed by atoms with van der Waals surface area (Å²) >= 11 is 0. The zero-order valence-corrected chi connectivity index (χ0v) is 5.99. The maximum atomic E-state index is 5.19. The molecule has 0 bridgehead atoms. The Labute approximate surface area is 64.8 Å². The van der Waals surface area contributed by atoms with Gasteiger partial charge in [0.25, 0.3) is 0 Å². The maximum Gasteiger partial charge on any atom is 0.133 e. The molecule has 0 N–H and O–H groups in total. The van der Waals surface area contributed by atoms with E-state index in [0.29, 0.717) is 6.61 Å². The molecule has 2 nitrogen and oxygen atoms in total. The van der Waals surface area contributed by atoms with Gasteiger partial charge < -0.3 is 9.15 Å². The van der Waals surface area contributed by atoms with Crippen LogP contribution in [-0.2, 0) is 4.74 Å². The average Bonchev–Trinajstić information content (AvgIpc) is 2.58. The Hall–Kier alpha value is -1.44. The van der Waals surface area contributed by atoms with E-state index in [1.165, 1.54) is 0 Å². The van der Waals surface area contributed by atoms with Crippen molar-refractivity contribution in [1.29, 1.82) is 0 Å². The van der Waals surface area contributed by atoms with Crippen LogP contribution in [0, 0.1) is 0 Å². The number of furan rings is 1. The molecule has 0 radical (unpaired) electrons. The third-order valence-corrected chi connectivity index (χ3v) is 1.55. The minimum absolute atomic E-state index is 0.601. The summed E-state index contributed by atoms with van der Waals surface area (Å²) < 4.78 is 10.3. The molecule has 2 heterocycles. The van der Waals surface area contributed by atoms with Crippen LogP contribution in [0.4, 0.5) is 0 Å². The zero-order valence-electron chi connectivity index (χ0n) is 5.99. The largest absolute Gasteiger partial charge is 0.496 e. The van der Waals surface area contributed by atoms with Crippen LogP contribution in [0.2, 0.25) is 0 Å². The molecule has 2 rings (SSSR count). The van der Waals surface area contributed by atoms with E-state index in [1.807, 2.05) is 24.3 Å². The normalized spacial score (nSPS) is 15.8. The first kappa shape index (κ1) is 6.28. The molecule has 0 saturated carbocycles. The second-order valence-corrected chi connectivity index (χ2v) is 2.31. The average molecular weight is 148 g/mol. The van der Waals surface area contributed by atoms with Crippen LogP contribution in [0.5, 0.6) is 0 Å². The Morgan fingerprint density at radius 1 is 1.36 bits per heavy atom. The van der Waals surface area contributed by atoms with Gasteiger partial charge in [0, 0.05) is 5.57 Å². The predicted octanol–water partition coefficient (Wildman–Crippen LogP) is 2.21. The molecule has 2 heteroatoms. The molecular formula is C9H8O2. The molecule has 1 aliphatic heterocycles. The van der Waals surface area contributed by atoms with Crippen molar-refractivity contribution in [3.63, 3.8) is 0 Å². The van der Waals surface area contributed by atoms with Crippen molar-refractivity contribution in [1.82, 2.24) is 0 Å². The van der Waals surface area contributed by atoms with E-state index < -0.39 is 0 Å². The Balaban J connectivity index is 2.29. The summed E-state index contributed by atoms with van der Waals surface area (Å²) in [5.41, 5.74) is 1.08. The van der Waals surface area contributed by atoms with Crippen LogP contribution >= 0.6 is 0 Å². The van der Waals surface area contributed by atoms with Crippen LogP contribution in [0.15, 0.2) is 41.2 Å². The molecule has 0 aliphatic carbocycles. The molecule has 0 fully saturated rings. The highest BCUT2D eigenvalue weighted by molar-refractivity contribution is 5.64. The van der Waals surface area contributed by atoms with Crippen LogP contribution in [0.1, 0.15) is 5.76 Å². The fraction of sp³-hybridized carbons (Fsp3) is 0.111. The highest BCUT2D eigenvalue weighted by Gasteiger charge is 2.04. The van der Waals surface area contributed by atoms with Gasteiger partial charge in [0.2, 0.25) is 0 Å². The first-order valence-corrected chi connectivity index (χ1v) is 3.48. The van der Waals surface area contributed by atoms with Crippen LogP contribution in [0.3, 0.4) is 0 Å². The second kappa shape index (κ2) is 2.66. The van der Waals surface area contributed by atoms with Crippen molar-refractivity contribution in [2.45, 2.75) is 0 Å². The first-order chi connectivity index (χ1) is 5.47.